The van der Waals surface area contributed by atoms with E-state index in [0.717, 1.165) is 12.4 Å². The number of carbonyl (C=O) groups is 1. The number of alkyl halides is 3. The molecule has 0 aromatic carbocycles. The second kappa shape index (κ2) is 5.05. The predicted octanol–water partition coefficient (Wildman–Crippen LogP) is 1.47. The van der Waals surface area contributed by atoms with Crippen molar-refractivity contribution in [3.05, 3.63) is 18.0 Å². The van der Waals surface area contributed by atoms with Crippen molar-refractivity contribution in [2.45, 2.75) is 25.6 Å². The Balaban J connectivity index is 2.16. The standard InChI is InChI=1S/C12H16F3N5O/c1-11(2)7-19(3-4-20(11)9(16)21)10-17-5-8(6-18-10)12(13,14)15/h5-6H,3-4,7H2,1-2H3,(H2,16,21). The number of hydrogen-bond acceptors (Lipinski definition) is 4. The van der Waals surface area contributed by atoms with Crippen molar-refractivity contribution in [2.24, 2.45) is 5.73 Å². The molecule has 0 bridgehead atoms. The van der Waals surface area contributed by atoms with Gasteiger partial charge in [0.2, 0.25) is 5.95 Å². The number of primary amides is 1. The quantitative estimate of drug-likeness (QED) is 0.852. The van der Waals surface area contributed by atoms with Gasteiger partial charge in [-0.2, -0.15) is 13.2 Å². The van der Waals surface area contributed by atoms with Crippen LogP contribution in [0.4, 0.5) is 23.9 Å². The van der Waals surface area contributed by atoms with E-state index in [1.165, 1.54) is 4.90 Å². The van der Waals surface area contributed by atoms with E-state index >= 15 is 0 Å². The Labute approximate surface area is 119 Å². The van der Waals surface area contributed by atoms with Crippen molar-refractivity contribution in [3.63, 3.8) is 0 Å². The first-order valence-electron chi connectivity index (χ1n) is 6.32. The van der Waals surface area contributed by atoms with Crippen LogP contribution in [0, 0.1) is 0 Å². The molecule has 2 heterocycles. The smallest absolute Gasteiger partial charge is 0.351 e. The summed E-state index contributed by atoms with van der Waals surface area (Å²) < 4.78 is 37.4. The summed E-state index contributed by atoms with van der Waals surface area (Å²) in [5.74, 6) is 0.209. The number of nitrogens with zero attached hydrogens (tertiary/aromatic N) is 4. The van der Waals surface area contributed by atoms with E-state index in [-0.39, 0.29) is 5.95 Å². The maximum absolute atomic E-state index is 12.5. The topological polar surface area (TPSA) is 75.3 Å². The van der Waals surface area contributed by atoms with Gasteiger partial charge in [0.15, 0.2) is 0 Å². The molecule has 0 atom stereocenters. The first kappa shape index (κ1) is 15.3. The number of halogens is 3. The number of carbonyl (C=O) groups excluding carboxylic acids is 1. The maximum atomic E-state index is 12.5. The first-order chi connectivity index (χ1) is 9.61. The number of hydrogen-bond donors (Lipinski definition) is 1. The molecule has 1 aliphatic heterocycles. The van der Waals surface area contributed by atoms with Gasteiger partial charge in [-0.1, -0.05) is 0 Å². The molecular formula is C12H16F3N5O. The third kappa shape index (κ3) is 3.17. The third-order valence-corrected chi connectivity index (χ3v) is 3.42. The predicted molar refractivity (Wildman–Crippen MR) is 69.6 cm³/mol. The largest absolute Gasteiger partial charge is 0.419 e. The average molecular weight is 303 g/mol. The molecular weight excluding hydrogens is 287 g/mol. The zero-order valence-corrected chi connectivity index (χ0v) is 11.7. The van der Waals surface area contributed by atoms with Crippen LogP contribution in [0.5, 0.6) is 0 Å². The van der Waals surface area contributed by atoms with Crippen LogP contribution < -0.4 is 10.6 Å². The average Bonchev–Trinajstić information content (AvgIpc) is 2.36. The fraction of sp³-hybridized carbons (Fsp3) is 0.583. The van der Waals surface area contributed by atoms with Crippen LogP contribution in [0.1, 0.15) is 19.4 Å². The third-order valence-electron chi connectivity index (χ3n) is 3.42. The molecule has 21 heavy (non-hydrogen) atoms. The summed E-state index contributed by atoms with van der Waals surface area (Å²) in [6, 6.07) is -0.520. The summed E-state index contributed by atoms with van der Waals surface area (Å²) in [4.78, 5) is 22.1. The summed E-state index contributed by atoms with van der Waals surface area (Å²) in [5.41, 5.74) is 3.87. The molecule has 1 aromatic heterocycles. The van der Waals surface area contributed by atoms with Crippen molar-refractivity contribution in [1.82, 2.24) is 14.9 Å². The Morgan fingerprint density at radius 1 is 1.29 bits per heavy atom. The molecule has 0 spiro atoms. The summed E-state index contributed by atoms with van der Waals surface area (Å²) in [6.07, 6.45) is -2.94. The van der Waals surface area contributed by atoms with Crippen LogP contribution in [0.25, 0.3) is 0 Å². The summed E-state index contributed by atoms with van der Waals surface area (Å²) in [5, 5.41) is 0. The fourth-order valence-electron chi connectivity index (χ4n) is 2.36. The number of urea groups is 1. The molecule has 6 nitrogen and oxygen atoms in total. The van der Waals surface area contributed by atoms with Gasteiger partial charge in [-0.3, -0.25) is 0 Å². The highest BCUT2D eigenvalue weighted by atomic mass is 19.4. The molecule has 1 aliphatic rings. The van der Waals surface area contributed by atoms with E-state index < -0.39 is 23.3 Å². The van der Waals surface area contributed by atoms with Crippen LogP contribution in [0.15, 0.2) is 12.4 Å². The van der Waals surface area contributed by atoms with Crippen molar-refractivity contribution in [2.75, 3.05) is 24.5 Å². The van der Waals surface area contributed by atoms with E-state index in [1.807, 2.05) is 13.8 Å². The maximum Gasteiger partial charge on any atom is 0.419 e. The Bertz CT molecular complexity index is 529. The lowest BCUT2D eigenvalue weighted by atomic mass is 9.99. The van der Waals surface area contributed by atoms with Crippen LogP contribution in [0.2, 0.25) is 0 Å². The molecule has 2 rings (SSSR count). The molecule has 1 saturated heterocycles. The Morgan fingerprint density at radius 2 is 1.86 bits per heavy atom. The first-order valence-corrected chi connectivity index (χ1v) is 6.32. The Hall–Kier alpha value is -2.06. The summed E-state index contributed by atoms with van der Waals surface area (Å²) in [6.45, 7) is 4.83. The molecule has 0 saturated carbocycles. The van der Waals surface area contributed by atoms with Crippen molar-refractivity contribution >= 4 is 12.0 Å². The molecule has 0 aliphatic carbocycles. The Kier molecular flexibility index (Phi) is 3.68. The van der Waals surface area contributed by atoms with Crippen LogP contribution in [-0.2, 0) is 6.18 Å². The van der Waals surface area contributed by atoms with Gasteiger partial charge in [0.25, 0.3) is 0 Å². The molecule has 1 fully saturated rings. The second-order valence-corrected chi connectivity index (χ2v) is 5.49. The van der Waals surface area contributed by atoms with Crippen molar-refractivity contribution in [1.29, 1.82) is 0 Å². The number of anilines is 1. The molecule has 116 valence electrons. The number of rotatable bonds is 1. The molecule has 1 aromatic rings. The SMILES string of the molecule is CC1(C)CN(c2ncc(C(F)(F)F)cn2)CCN1C(N)=O. The lowest BCUT2D eigenvalue weighted by Gasteiger charge is -2.46. The summed E-state index contributed by atoms with van der Waals surface area (Å²) >= 11 is 0. The lowest BCUT2D eigenvalue weighted by Crippen LogP contribution is -2.62. The fourth-order valence-corrected chi connectivity index (χ4v) is 2.36. The van der Waals surface area contributed by atoms with Gasteiger partial charge in [0.05, 0.1) is 11.1 Å². The van der Waals surface area contributed by atoms with Gasteiger partial charge in [0.1, 0.15) is 0 Å². The zero-order valence-electron chi connectivity index (χ0n) is 11.7. The van der Waals surface area contributed by atoms with E-state index in [1.54, 1.807) is 4.90 Å². The van der Waals surface area contributed by atoms with Gasteiger partial charge in [0, 0.05) is 32.0 Å². The van der Waals surface area contributed by atoms with Gasteiger partial charge >= 0.3 is 12.2 Å². The minimum absolute atomic E-state index is 0.209. The van der Waals surface area contributed by atoms with E-state index in [9.17, 15) is 18.0 Å². The van der Waals surface area contributed by atoms with Crippen LogP contribution in [0.3, 0.4) is 0 Å². The normalized spacial score (nSPS) is 18.7. The van der Waals surface area contributed by atoms with Gasteiger partial charge in [-0.25, -0.2) is 14.8 Å². The molecule has 0 unspecified atom stereocenters. The molecule has 2 amide bonds. The summed E-state index contributed by atoms with van der Waals surface area (Å²) in [7, 11) is 0. The van der Waals surface area contributed by atoms with Gasteiger partial charge < -0.3 is 15.5 Å². The Morgan fingerprint density at radius 3 is 2.29 bits per heavy atom. The van der Waals surface area contributed by atoms with Crippen molar-refractivity contribution < 1.29 is 18.0 Å². The molecule has 9 heteroatoms. The van der Waals surface area contributed by atoms with Gasteiger partial charge in [-0.15, -0.1) is 0 Å². The minimum Gasteiger partial charge on any atom is -0.351 e. The van der Waals surface area contributed by atoms with E-state index in [2.05, 4.69) is 9.97 Å². The van der Waals surface area contributed by atoms with Gasteiger partial charge in [-0.05, 0) is 13.8 Å². The number of aromatic nitrogens is 2. The monoisotopic (exact) mass is 303 g/mol. The van der Waals surface area contributed by atoms with Crippen molar-refractivity contribution in [3.8, 4) is 0 Å². The molecule has 2 N–H and O–H groups in total. The minimum atomic E-state index is -4.46. The highest BCUT2D eigenvalue weighted by molar-refractivity contribution is 5.73. The zero-order chi connectivity index (χ0) is 15.8. The number of nitrogens with two attached hydrogens (primary N) is 1. The van der Waals surface area contributed by atoms with Crippen LogP contribution >= 0.6 is 0 Å². The highest BCUT2D eigenvalue weighted by Gasteiger charge is 2.37. The van der Waals surface area contributed by atoms with E-state index in [0.29, 0.717) is 19.6 Å². The number of piperazine rings is 1. The molecule has 0 radical (unpaired) electrons. The lowest BCUT2D eigenvalue weighted by molar-refractivity contribution is -0.138. The number of amides is 2. The second-order valence-electron chi connectivity index (χ2n) is 5.49. The highest BCUT2D eigenvalue weighted by Crippen LogP contribution is 2.29. The van der Waals surface area contributed by atoms with E-state index in [4.69, 9.17) is 5.73 Å². The van der Waals surface area contributed by atoms with Crippen LogP contribution in [-0.4, -0.2) is 46.1 Å².